The van der Waals surface area contributed by atoms with Gasteiger partial charge in [0.05, 0.1) is 15.9 Å². The quantitative estimate of drug-likeness (QED) is 0.610. The van der Waals surface area contributed by atoms with E-state index < -0.39 is 0 Å². The van der Waals surface area contributed by atoms with Crippen LogP contribution in [-0.2, 0) is 4.79 Å². The zero-order chi connectivity index (χ0) is 17.4. The molecule has 6 nitrogen and oxygen atoms in total. The molecule has 2 heterocycles. The van der Waals surface area contributed by atoms with Crippen LogP contribution >= 0.6 is 11.3 Å². The maximum absolute atomic E-state index is 11.6. The number of thiazole rings is 1. The Balaban J connectivity index is 1.84. The number of fused-ring (bicyclic) bond motifs is 1. The van der Waals surface area contributed by atoms with Crippen molar-refractivity contribution in [2.45, 2.75) is 13.8 Å². The molecule has 4 aromatic rings. The summed E-state index contributed by atoms with van der Waals surface area (Å²) in [7, 11) is 0. The van der Waals surface area contributed by atoms with E-state index in [0.29, 0.717) is 11.5 Å². The van der Waals surface area contributed by atoms with Gasteiger partial charge in [-0.2, -0.15) is 0 Å². The van der Waals surface area contributed by atoms with Crippen LogP contribution in [0.3, 0.4) is 0 Å². The number of hydrogen-bond acceptors (Lipinski definition) is 5. The monoisotopic (exact) mass is 349 g/mol. The van der Waals surface area contributed by atoms with Crippen molar-refractivity contribution in [1.29, 1.82) is 0 Å². The van der Waals surface area contributed by atoms with E-state index >= 15 is 0 Å². The molecule has 2 aromatic heterocycles. The molecule has 0 aliphatic carbocycles. The molecule has 1 amide bonds. The van der Waals surface area contributed by atoms with Crippen LogP contribution in [0.1, 0.15) is 12.5 Å². The zero-order valence-electron chi connectivity index (χ0n) is 13.7. The van der Waals surface area contributed by atoms with Gasteiger partial charge in [-0.15, -0.1) is 26.3 Å². The van der Waals surface area contributed by atoms with Crippen LogP contribution in [0, 0.1) is 6.92 Å². The standard InChI is InChI=1S/C18H15N5OS/c1-11-7-9-13(10-8-11)23-21-16(17(22-23)19-12(2)24)18-20-14-5-3-4-6-15(14)25-18/h3-10H,1-2H3,(H,19,22,24). The number of rotatable bonds is 3. The van der Waals surface area contributed by atoms with Crippen LogP contribution in [-0.4, -0.2) is 25.9 Å². The number of carbonyl (C=O) groups excluding carboxylic acids is 1. The minimum Gasteiger partial charge on any atom is -0.307 e. The Hall–Kier alpha value is -3.06. The Kier molecular flexibility index (Phi) is 3.77. The molecule has 7 heteroatoms. The Morgan fingerprint density at radius 1 is 1.08 bits per heavy atom. The molecule has 0 saturated carbocycles. The molecule has 0 bridgehead atoms. The van der Waals surface area contributed by atoms with Gasteiger partial charge in [0.2, 0.25) is 5.91 Å². The molecule has 2 aromatic carbocycles. The second-order valence-electron chi connectivity index (χ2n) is 5.69. The number of aryl methyl sites for hydroxylation is 1. The van der Waals surface area contributed by atoms with Gasteiger partial charge in [0, 0.05) is 6.92 Å². The number of benzene rings is 2. The predicted octanol–water partition coefficient (Wildman–Crippen LogP) is 3.81. The highest BCUT2D eigenvalue weighted by Gasteiger charge is 2.18. The largest absolute Gasteiger partial charge is 0.307 e. The summed E-state index contributed by atoms with van der Waals surface area (Å²) in [6.07, 6.45) is 0. The average Bonchev–Trinajstić information content (AvgIpc) is 3.18. The van der Waals surface area contributed by atoms with E-state index in [0.717, 1.165) is 26.5 Å². The molecule has 0 unspecified atom stereocenters. The molecule has 0 radical (unpaired) electrons. The Labute approximate surface area is 148 Å². The van der Waals surface area contributed by atoms with Gasteiger partial charge in [-0.25, -0.2) is 4.98 Å². The maximum Gasteiger partial charge on any atom is 0.222 e. The molecular formula is C18H15N5OS. The molecule has 0 spiro atoms. The summed E-state index contributed by atoms with van der Waals surface area (Å²) in [5.74, 6) is 0.213. The summed E-state index contributed by atoms with van der Waals surface area (Å²) in [6, 6.07) is 15.8. The van der Waals surface area contributed by atoms with Crippen LogP contribution in [0.4, 0.5) is 5.82 Å². The van der Waals surface area contributed by atoms with Crippen LogP contribution < -0.4 is 5.32 Å². The summed E-state index contributed by atoms with van der Waals surface area (Å²) in [5, 5.41) is 12.5. The Morgan fingerprint density at radius 3 is 2.56 bits per heavy atom. The van der Waals surface area contributed by atoms with Crippen molar-refractivity contribution in [2.75, 3.05) is 5.32 Å². The highest BCUT2D eigenvalue weighted by Crippen LogP contribution is 2.32. The average molecular weight is 349 g/mol. The lowest BCUT2D eigenvalue weighted by Gasteiger charge is -1.99. The predicted molar refractivity (Wildman–Crippen MR) is 99.0 cm³/mol. The maximum atomic E-state index is 11.6. The van der Waals surface area contributed by atoms with Crippen molar-refractivity contribution in [1.82, 2.24) is 20.0 Å². The first-order valence-corrected chi connectivity index (χ1v) is 8.60. The number of para-hydroxylation sites is 1. The second kappa shape index (κ2) is 6.10. The van der Waals surface area contributed by atoms with Crippen LogP contribution in [0.5, 0.6) is 0 Å². The molecule has 4 rings (SSSR count). The normalized spacial score (nSPS) is 11.0. The number of aromatic nitrogens is 4. The Bertz CT molecular complexity index is 1030. The van der Waals surface area contributed by atoms with Crippen LogP contribution in [0.2, 0.25) is 0 Å². The van der Waals surface area contributed by atoms with E-state index in [1.165, 1.54) is 23.1 Å². The summed E-state index contributed by atoms with van der Waals surface area (Å²) in [5.41, 5.74) is 3.45. The number of nitrogens with zero attached hydrogens (tertiary/aromatic N) is 4. The fraction of sp³-hybridized carbons (Fsp3) is 0.111. The fourth-order valence-corrected chi connectivity index (χ4v) is 3.42. The van der Waals surface area contributed by atoms with Gasteiger partial charge in [0.25, 0.3) is 0 Å². The lowest BCUT2D eigenvalue weighted by atomic mass is 10.2. The molecule has 0 saturated heterocycles. The van der Waals surface area contributed by atoms with E-state index in [1.54, 1.807) is 0 Å². The summed E-state index contributed by atoms with van der Waals surface area (Å²) >= 11 is 1.52. The van der Waals surface area contributed by atoms with E-state index in [4.69, 9.17) is 0 Å². The van der Waals surface area contributed by atoms with Crippen molar-refractivity contribution in [3.05, 3.63) is 54.1 Å². The number of amides is 1. The summed E-state index contributed by atoms with van der Waals surface area (Å²) in [4.78, 5) is 17.7. The molecule has 0 aliphatic heterocycles. The molecule has 0 fully saturated rings. The fourth-order valence-electron chi connectivity index (χ4n) is 2.47. The highest BCUT2D eigenvalue weighted by atomic mass is 32.1. The second-order valence-corrected chi connectivity index (χ2v) is 6.72. The van der Waals surface area contributed by atoms with Gasteiger partial charge in [-0.05, 0) is 31.2 Å². The molecule has 1 N–H and O–H groups in total. The topological polar surface area (TPSA) is 72.7 Å². The van der Waals surface area contributed by atoms with Crippen molar-refractivity contribution >= 4 is 33.3 Å². The highest BCUT2D eigenvalue weighted by molar-refractivity contribution is 7.21. The van der Waals surface area contributed by atoms with Crippen molar-refractivity contribution in [2.24, 2.45) is 0 Å². The van der Waals surface area contributed by atoms with Crippen LogP contribution in [0.15, 0.2) is 48.5 Å². The SMILES string of the molecule is CC(=O)Nc1nn(-c2ccc(C)cc2)nc1-c1nc2ccccc2s1. The van der Waals surface area contributed by atoms with Crippen molar-refractivity contribution in [3.63, 3.8) is 0 Å². The third-order valence-corrected chi connectivity index (χ3v) is 4.71. The number of hydrogen-bond donors (Lipinski definition) is 1. The van der Waals surface area contributed by atoms with Gasteiger partial charge in [0.15, 0.2) is 11.5 Å². The van der Waals surface area contributed by atoms with Gasteiger partial charge < -0.3 is 5.32 Å². The minimum absolute atomic E-state index is 0.196. The first kappa shape index (κ1) is 15.5. The van der Waals surface area contributed by atoms with E-state index in [1.807, 2.05) is 55.5 Å². The van der Waals surface area contributed by atoms with Gasteiger partial charge >= 0.3 is 0 Å². The molecular weight excluding hydrogens is 334 g/mol. The minimum atomic E-state index is -0.196. The van der Waals surface area contributed by atoms with Gasteiger partial charge in [-0.1, -0.05) is 29.8 Å². The molecule has 0 aliphatic rings. The van der Waals surface area contributed by atoms with E-state index in [2.05, 4.69) is 20.5 Å². The smallest absolute Gasteiger partial charge is 0.222 e. The number of carbonyl (C=O) groups is 1. The lowest BCUT2D eigenvalue weighted by molar-refractivity contribution is -0.114. The number of nitrogens with one attached hydrogen (secondary N) is 1. The van der Waals surface area contributed by atoms with E-state index in [-0.39, 0.29) is 5.91 Å². The van der Waals surface area contributed by atoms with Gasteiger partial charge in [-0.3, -0.25) is 4.79 Å². The number of anilines is 1. The van der Waals surface area contributed by atoms with Gasteiger partial charge in [0.1, 0.15) is 5.01 Å². The third kappa shape index (κ3) is 3.01. The lowest BCUT2D eigenvalue weighted by Crippen LogP contribution is -2.07. The summed E-state index contributed by atoms with van der Waals surface area (Å²) < 4.78 is 1.07. The van der Waals surface area contributed by atoms with E-state index in [9.17, 15) is 4.79 Å². The van der Waals surface area contributed by atoms with Crippen molar-refractivity contribution < 1.29 is 4.79 Å². The molecule has 124 valence electrons. The third-order valence-electron chi connectivity index (χ3n) is 3.67. The Morgan fingerprint density at radius 2 is 1.84 bits per heavy atom. The summed E-state index contributed by atoms with van der Waals surface area (Å²) in [6.45, 7) is 3.47. The van der Waals surface area contributed by atoms with Crippen molar-refractivity contribution in [3.8, 4) is 16.4 Å². The first-order chi connectivity index (χ1) is 12.1. The zero-order valence-corrected chi connectivity index (χ0v) is 14.5. The molecule has 0 atom stereocenters. The van der Waals surface area contributed by atoms with Crippen LogP contribution in [0.25, 0.3) is 26.6 Å². The molecule has 25 heavy (non-hydrogen) atoms. The first-order valence-electron chi connectivity index (χ1n) is 7.78.